The number of aromatic nitrogens is 2. The predicted octanol–water partition coefficient (Wildman–Crippen LogP) is 5.32. The Morgan fingerprint density at radius 2 is 1.97 bits per heavy atom. The molecule has 0 saturated carbocycles. The molecular weight excluding hydrogens is 438 g/mol. The number of nitrogens with zero attached hydrogens (tertiary/aromatic N) is 4. The van der Waals surface area contributed by atoms with Crippen LogP contribution in [0.25, 0.3) is 5.57 Å². The van der Waals surface area contributed by atoms with E-state index in [1.807, 2.05) is 25.9 Å². The summed E-state index contributed by atoms with van der Waals surface area (Å²) in [6.07, 6.45) is 5.01. The third kappa shape index (κ3) is 5.70. The lowest BCUT2D eigenvalue weighted by Gasteiger charge is -2.31. The quantitative estimate of drug-likeness (QED) is 0.490. The Hall–Kier alpha value is -3.07. The molecule has 34 heavy (non-hydrogen) atoms. The highest BCUT2D eigenvalue weighted by atomic mass is 19.1. The molecule has 0 spiro atoms. The number of allylic oxidation sites excluding steroid dienone is 2. The molecule has 2 amide bonds. The van der Waals surface area contributed by atoms with Crippen LogP contribution in [0.2, 0.25) is 0 Å². The fourth-order valence-electron chi connectivity index (χ4n) is 4.05. The molecule has 7 nitrogen and oxygen atoms in total. The van der Waals surface area contributed by atoms with Gasteiger partial charge in [-0.05, 0) is 50.6 Å². The Morgan fingerprint density at radius 1 is 1.26 bits per heavy atom. The summed E-state index contributed by atoms with van der Waals surface area (Å²) in [4.78, 5) is 25.2. The summed E-state index contributed by atoms with van der Waals surface area (Å²) >= 11 is 0. The third-order valence-electron chi connectivity index (χ3n) is 5.73. The van der Waals surface area contributed by atoms with E-state index in [4.69, 9.17) is 4.98 Å². The summed E-state index contributed by atoms with van der Waals surface area (Å²) < 4.78 is 29.5. The van der Waals surface area contributed by atoms with Gasteiger partial charge in [0.1, 0.15) is 17.3 Å². The Bertz CT molecular complexity index is 1040. The van der Waals surface area contributed by atoms with Crippen molar-refractivity contribution in [3.05, 3.63) is 47.2 Å². The Labute approximate surface area is 200 Å². The van der Waals surface area contributed by atoms with Gasteiger partial charge in [-0.25, -0.2) is 23.5 Å². The van der Waals surface area contributed by atoms with Gasteiger partial charge in [0.2, 0.25) is 5.95 Å². The first-order chi connectivity index (χ1) is 16.3. The number of hydrogen-bond acceptors (Lipinski definition) is 5. The molecular formula is C25H34F2N6O. The molecule has 184 valence electrons. The number of para-hydroxylation sites is 1. The van der Waals surface area contributed by atoms with Crippen LogP contribution in [0.1, 0.15) is 51.3 Å². The van der Waals surface area contributed by atoms with Gasteiger partial charge in [-0.1, -0.05) is 39.3 Å². The van der Waals surface area contributed by atoms with Crippen LogP contribution in [0.15, 0.2) is 24.3 Å². The highest BCUT2D eigenvalue weighted by molar-refractivity contribution is 6.01. The lowest BCUT2D eigenvalue weighted by Crippen LogP contribution is -2.43. The normalized spacial score (nSPS) is 14.8. The molecule has 0 radical (unpaired) electrons. The maximum Gasteiger partial charge on any atom is 0.328 e. The van der Waals surface area contributed by atoms with Gasteiger partial charge in [-0.15, -0.1) is 0 Å². The van der Waals surface area contributed by atoms with E-state index in [2.05, 4.69) is 35.5 Å². The van der Waals surface area contributed by atoms with Crippen LogP contribution in [0, 0.1) is 17.6 Å². The minimum Gasteiger partial charge on any atom is -0.353 e. The van der Waals surface area contributed by atoms with E-state index in [1.165, 1.54) is 6.07 Å². The second-order valence-electron chi connectivity index (χ2n) is 8.80. The molecule has 3 rings (SSSR count). The van der Waals surface area contributed by atoms with E-state index in [-0.39, 0.29) is 12.4 Å². The van der Waals surface area contributed by atoms with Gasteiger partial charge in [-0.2, -0.15) is 4.98 Å². The molecule has 0 fully saturated rings. The number of carbonyl (C=O) groups excluding carboxylic acids is 1. The topological polar surface area (TPSA) is 73.4 Å². The molecule has 0 bridgehead atoms. The van der Waals surface area contributed by atoms with Crippen molar-refractivity contribution < 1.29 is 13.6 Å². The van der Waals surface area contributed by atoms with Gasteiger partial charge in [-0.3, -0.25) is 0 Å². The number of likely N-dealkylation sites (N-methyl/N-ethyl adjacent to an activating group) is 1. The molecule has 1 atom stereocenters. The molecule has 0 saturated heterocycles. The van der Waals surface area contributed by atoms with Crippen molar-refractivity contribution in [2.45, 2.75) is 46.6 Å². The number of benzene rings is 1. The zero-order valence-corrected chi connectivity index (χ0v) is 20.6. The first-order valence-electron chi connectivity index (χ1n) is 11.8. The van der Waals surface area contributed by atoms with Crippen LogP contribution in [0.5, 0.6) is 0 Å². The summed E-state index contributed by atoms with van der Waals surface area (Å²) in [5.74, 6) is -0.836. The molecule has 1 unspecified atom stereocenters. The van der Waals surface area contributed by atoms with Crippen LogP contribution in [0.3, 0.4) is 0 Å². The highest BCUT2D eigenvalue weighted by Gasteiger charge is 2.34. The number of anilines is 3. The van der Waals surface area contributed by atoms with Gasteiger partial charge < -0.3 is 15.5 Å². The number of urea groups is 1. The molecule has 2 heterocycles. The molecule has 2 N–H and O–H groups in total. The average molecular weight is 473 g/mol. The van der Waals surface area contributed by atoms with Crippen LogP contribution in [-0.4, -0.2) is 48.1 Å². The van der Waals surface area contributed by atoms with Gasteiger partial charge in [0, 0.05) is 18.7 Å². The summed E-state index contributed by atoms with van der Waals surface area (Å²) in [6, 6.07) is 2.88. The van der Waals surface area contributed by atoms with Crippen molar-refractivity contribution in [3.8, 4) is 0 Å². The molecule has 1 aromatic heterocycles. The molecule has 1 aromatic carbocycles. The first kappa shape index (κ1) is 25.6. The molecule has 1 aliphatic heterocycles. The van der Waals surface area contributed by atoms with Crippen LogP contribution < -0.4 is 15.5 Å². The zero-order valence-electron chi connectivity index (χ0n) is 20.6. The van der Waals surface area contributed by atoms with E-state index >= 15 is 0 Å². The number of rotatable bonds is 10. The molecule has 9 heteroatoms. The summed E-state index contributed by atoms with van der Waals surface area (Å²) in [5.41, 5.74) is 1.88. The minimum absolute atomic E-state index is 0.174. The Kier molecular flexibility index (Phi) is 8.55. The van der Waals surface area contributed by atoms with Crippen molar-refractivity contribution >= 4 is 29.1 Å². The van der Waals surface area contributed by atoms with Crippen LogP contribution >= 0.6 is 0 Å². The maximum absolute atomic E-state index is 14.7. The fourth-order valence-corrected chi connectivity index (χ4v) is 4.05. The Morgan fingerprint density at radius 3 is 2.59 bits per heavy atom. The zero-order chi connectivity index (χ0) is 24.8. The first-order valence-corrected chi connectivity index (χ1v) is 11.8. The third-order valence-corrected chi connectivity index (χ3v) is 5.73. The molecule has 0 aliphatic carbocycles. The summed E-state index contributed by atoms with van der Waals surface area (Å²) in [6.45, 7) is 7.84. The Balaban J connectivity index is 2.19. The summed E-state index contributed by atoms with van der Waals surface area (Å²) in [7, 11) is 3.92. The second-order valence-corrected chi connectivity index (χ2v) is 8.80. The monoisotopic (exact) mass is 472 g/mol. The van der Waals surface area contributed by atoms with E-state index in [9.17, 15) is 13.6 Å². The van der Waals surface area contributed by atoms with Crippen molar-refractivity contribution in [1.82, 2.24) is 20.2 Å². The molecule has 1 aliphatic rings. The number of fused-ring (bicyclic) bond motifs is 1. The standard InChI is InChI=1S/C25H34F2N6O/c1-6-9-16(3)14-17(7-2)21-18-15-29-25(34)33(22-19(26)10-8-11-20(22)27)23(18)31-24(30-21)28-12-13-32(4)5/h8,10-11,14,16H,6-7,9,12-13,15H2,1-5H3,(H,29,34)(H,28,30,31)/b17-14+. The fraction of sp³-hybridized carbons (Fsp3) is 0.480. The van der Waals surface area contributed by atoms with Crippen molar-refractivity contribution in [2.75, 3.05) is 37.4 Å². The summed E-state index contributed by atoms with van der Waals surface area (Å²) in [5, 5.41) is 5.94. The number of amides is 2. The van der Waals surface area contributed by atoms with Gasteiger partial charge >= 0.3 is 6.03 Å². The lowest BCUT2D eigenvalue weighted by atomic mass is 9.96. The van der Waals surface area contributed by atoms with Crippen molar-refractivity contribution in [2.24, 2.45) is 5.92 Å². The maximum atomic E-state index is 14.7. The van der Waals surface area contributed by atoms with Gasteiger partial charge in [0.25, 0.3) is 0 Å². The largest absolute Gasteiger partial charge is 0.353 e. The highest BCUT2D eigenvalue weighted by Crippen LogP contribution is 2.38. The number of halogens is 2. The average Bonchev–Trinajstić information content (AvgIpc) is 2.78. The lowest BCUT2D eigenvalue weighted by molar-refractivity contribution is 0.246. The van der Waals surface area contributed by atoms with E-state index in [0.29, 0.717) is 29.7 Å². The van der Waals surface area contributed by atoms with Gasteiger partial charge in [0.05, 0.1) is 12.2 Å². The predicted molar refractivity (Wildman–Crippen MR) is 132 cm³/mol. The number of carbonyl (C=O) groups is 1. The number of hydrogen-bond donors (Lipinski definition) is 2. The van der Waals surface area contributed by atoms with Gasteiger partial charge in [0.15, 0.2) is 5.82 Å². The number of nitrogens with one attached hydrogen (secondary N) is 2. The second kappa shape index (κ2) is 11.4. The SMILES string of the molecule is CCCC(C)/C=C(\CC)c1nc(NCCN(C)C)nc2c1CNC(=O)N2c1c(F)cccc1F. The van der Waals surface area contributed by atoms with Crippen LogP contribution in [-0.2, 0) is 6.54 Å². The van der Waals surface area contributed by atoms with Crippen molar-refractivity contribution in [3.63, 3.8) is 0 Å². The minimum atomic E-state index is -0.840. The van der Waals surface area contributed by atoms with E-state index in [0.717, 1.165) is 48.4 Å². The molecule has 2 aromatic rings. The van der Waals surface area contributed by atoms with E-state index < -0.39 is 23.4 Å². The smallest absolute Gasteiger partial charge is 0.328 e. The van der Waals surface area contributed by atoms with Crippen molar-refractivity contribution in [1.29, 1.82) is 0 Å². The van der Waals surface area contributed by atoms with E-state index in [1.54, 1.807) is 0 Å². The van der Waals surface area contributed by atoms with Crippen LogP contribution in [0.4, 0.5) is 31.0 Å².